The number of carbonyl (C=O) groups excluding carboxylic acids is 2. The Kier molecular flexibility index (Phi) is 6.21. The molecule has 0 saturated heterocycles. The fraction of sp³-hybridized carbons (Fsp3) is 0.217. The van der Waals surface area contributed by atoms with Crippen molar-refractivity contribution >= 4 is 28.3 Å². The fourth-order valence-corrected chi connectivity index (χ4v) is 3.23. The summed E-state index contributed by atoms with van der Waals surface area (Å²) in [5.74, 6) is -0.182. The number of benzene rings is 3. The molecular weight excluding hydrogens is 336 g/mol. The first-order valence-corrected chi connectivity index (χ1v) is 9.26. The van der Waals surface area contributed by atoms with Crippen LogP contribution in [0.4, 0.5) is 5.69 Å². The zero-order valence-electron chi connectivity index (χ0n) is 15.4. The Morgan fingerprint density at radius 3 is 2.33 bits per heavy atom. The van der Waals surface area contributed by atoms with Crippen molar-refractivity contribution in [3.63, 3.8) is 0 Å². The fourth-order valence-electron chi connectivity index (χ4n) is 3.23. The van der Waals surface area contributed by atoms with Gasteiger partial charge in [-0.2, -0.15) is 0 Å². The quantitative estimate of drug-likeness (QED) is 0.653. The van der Waals surface area contributed by atoms with Crippen LogP contribution in [0, 0.1) is 0 Å². The van der Waals surface area contributed by atoms with Crippen molar-refractivity contribution < 1.29 is 9.59 Å². The summed E-state index contributed by atoms with van der Waals surface area (Å²) in [5, 5.41) is 7.66. The number of nitrogens with one attached hydrogen (secondary N) is 2. The van der Waals surface area contributed by atoms with Crippen molar-refractivity contribution in [1.29, 1.82) is 0 Å². The average Bonchev–Trinajstić information content (AvgIpc) is 2.71. The zero-order chi connectivity index (χ0) is 19.1. The molecule has 2 amide bonds. The van der Waals surface area contributed by atoms with E-state index in [1.807, 2.05) is 72.8 Å². The third-order valence-electron chi connectivity index (χ3n) is 4.71. The van der Waals surface area contributed by atoms with Crippen LogP contribution in [0.15, 0.2) is 72.8 Å². The molecule has 3 rings (SSSR count). The van der Waals surface area contributed by atoms with Gasteiger partial charge in [-0.25, -0.2) is 0 Å². The van der Waals surface area contributed by atoms with E-state index in [1.54, 1.807) is 0 Å². The van der Waals surface area contributed by atoms with Crippen LogP contribution in [-0.4, -0.2) is 18.4 Å². The minimum atomic E-state index is -0.229. The van der Waals surface area contributed by atoms with E-state index in [9.17, 15) is 9.59 Å². The van der Waals surface area contributed by atoms with E-state index in [0.717, 1.165) is 28.4 Å². The van der Waals surface area contributed by atoms with Crippen molar-refractivity contribution in [3.8, 4) is 0 Å². The monoisotopic (exact) mass is 360 g/mol. The summed E-state index contributed by atoms with van der Waals surface area (Å²) >= 11 is 0. The predicted molar refractivity (Wildman–Crippen MR) is 110 cm³/mol. The lowest BCUT2D eigenvalue weighted by Crippen LogP contribution is -2.33. The number of amides is 2. The molecule has 4 heteroatoms. The van der Waals surface area contributed by atoms with E-state index in [0.29, 0.717) is 6.42 Å². The summed E-state index contributed by atoms with van der Waals surface area (Å²) in [5.41, 5.74) is 1.90. The maximum Gasteiger partial charge on any atom is 0.243 e. The van der Waals surface area contributed by atoms with Crippen molar-refractivity contribution in [2.45, 2.75) is 25.7 Å². The molecular formula is C23H24N2O2. The Morgan fingerprint density at radius 1 is 0.852 bits per heavy atom. The molecule has 0 aromatic heterocycles. The van der Waals surface area contributed by atoms with Gasteiger partial charge in [0.25, 0.3) is 0 Å². The van der Waals surface area contributed by atoms with E-state index < -0.39 is 0 Å². The van der Waals surface area contributed by atoms with Crippen LogP contribution in [0.3, 0.4) is 0 Å². The number of anilines is 1. The number of carbonyl (C=O) groups is 2. The molecule has 138 valence electrons. The number of hydrogen-bond donors (Lipinski definition) is 2. The highest BCUT2D eigenvalue weighted by atomic mass is 16.2. The van der Waals surface area contributed by atoms with Gasteiger partial charge in [0.1, 0.15) is 0 Å². The van der Waals surface area contributed by atoms with Gasteiger partial charge >= 0.3 is 0 Å². The van der Waals surface area contributed by atoms with Gasteiger partial charge in [0.05, 0.1) is 6.54 Å². The smallest absolute Gasteiger partial charge is 0.243 e. The maximum absolute atomic E-state index is 12.3. The molecule has 1 unspecified atom stereocenters. The largest absolute Gasteiger partial charge is 0.347 e. The van der Waals surface area contributed by atoms with Crippen LogP contribution in [-0.2, 0) is 9.59 Å². The van der Waals surface area contributed by atoms with Crippen LogP contribution in [0.5, 0.6) is 0 Å². The van der Waals surface area contributed by atoms with Gasteiger partial charge < -0.3 is 10.6 Å². The molecule has 0 saturated carbocycles. The Bertz CT molecular complexity index is 917. The summed E-state index contributed by atoms with van der Waals surface area (Å²) in [6.45, 7) is 2.03. The summed E-state index contributed by atoms with van der Waals surface area (Å²) in [4.78, 5) is 24.5. The van der Waals surface area contributed by atoms with Crippen LogP contribution in [0.2, 0.25) is 0 Å². The third-order valence-corrected chi connectivity index (χ3v) is 4.71. The van der Waals surface area contributed by atoms with Gasteiger partial charge in [0.2, 0.25) is 11.8 Å². The summed E-state index contributed by atoms with van der Waals surface area (Å²) in [7, 11) is 0. The molecule has 0 aliphatic rings. The van der Waals surface area contributed by atoms with E-state index in [1.165, 1.54) is 0 Å². The molecule has 3 aromatic rings. The third kappa shape index (κ3) is 4.94. The van der Waals surface area contributed by atoms with Crippen molar-refractivity contribution in [2.24, 2.45) is 0 Å². The molecule has 0 fully saturated rings. The van der Waals surface area contributed by atoms with Gasteiger partial charge in [-0.05, 0) is 29.4 Å². The molecule has 0 bridgehead atoms. The predicted octanol–water partition coefficient (Wildman–Crippen LogP) is 4.48. The molecule has 4 nitrogen and oxygen atoms in total. The Labute approximate surface area is 159 Å². The topological polar surface area (TPSA) is 58.2 Å². The molecule has 0 heterocycles. The summed E-state index contributed by atoms with van der Waals surface area (Å²) in [6, 6.07) is 23.6. The highest BCUT2D eigenvalue weighted by Crippen LogP contribution is 2.23. The van der Waals surface area contributed by atoms with Crippen molar-refractivity contribution in [3.05, 3.63) is 78.4 Å². The number of fused-ring (bicyclic) bond motifs is 1. The number of hydrogen-bond acceptors (Lipinski definition) is 2. The summed E-state index contributed by atoms with van der Waals surface area (Å²) in [6.07, 6.45) is 1.25. The first-order chi connectivity index (χ1) is 13.2. The van der Waals surface area contributed by atoms with E-state index >= 15 is 0 Å². The molecule has 1 atom stereocenters. The minimum Gasteiger partial charge on any atom is -0.347 e. The lowest BCUT2D eigenvalue weighted by atomic mass is 9.93. The summed E-state index contributed by atoms with van der Waals surface area (Å²) < 4.78 is 0. The Morgan fingerprint density at radius 2 is 1.56 bits per heavy atom. The van der Waals surface area contributed by atoms with E-state index in [4.69, 9.17) is 0 Å². The van der Waals surface area contributed by atoms with Crippen molar-refractivity contribution in [1.82, 2.24) is 5.32 Å². The number of rotatable bonds is 7. The molecule has 3 aromatic carbocycles. The van der Waals surface area contributed by atoms with Crippen LogP contribution in [0.25, 0.3) is 10.8 Å². The second-order valence-electron chi connectivity index (χ2n) is 6.57. The molecule has 2 N–H and O–H groups in total. The molecule has 27 heavy (non-hydrogen) atoms. The first kappa shape index (κ1) is 18.6. The highest BCUT2D eigenvalue weighted by Gasteiger charge is 2.15. The van der Waals surface area contributed by atoms with Crippen LogP contribution < -0.4 is 10.6 Å². The van der Waals surface area contributed by atoms with Gasteiger partial charge in [0, 0.05) is 17.5 Å². The molecule has 0 radical (unpaired) electrons. The van der Waals surface area contributed by atoms with E-state index in [-0.39, 0.29) is 24.3 Å². The Hall–Kier alpha value is -3.14. The van der Waals surface area contributed by atoms with E-state index in [2.05, 4.69) is 17.6 Å². The highest BCUT2D eigenvalue weighted by molar-refractivity contribution is 6.03. The normalized spacial score (nSPS) is 11.7. The zero-order valence-corrected chi connectivity index (χ0v) is 15.4. The lowest BCUT2D eigenvalue weighted by molar-refractivity contribution is -0.124. The van der Waals surface area contributed by atoms with Gasteiger partial charge in [-0.3, -0.25) is 9.59 Å². The second-order valence-corrected chi connectivity index (χ2v) is 6.57. The SMILES string of the molecule is CCC(CC(=O)NCC(=O)Nc1cccc2ccccc12)c1ccccc1. The first-order valence-electron chi connectivity index (χ1n) is 9.26. The van der Waals surface area contributed by atoms with Gasteiger partial charge in [0.15, 0.2) is 0 Å². The van der Waals surface area contributed by atoms with Gasteiger partial charge in [-0.15, -0.1) is 0 Å². The second kappa shape index (κ2) is 8.99. The minimum absolute atomic E-state index is 0.0344. The molecule has 0 aliphatic carbocycles. The standard InChI is InChI=1S/C23H24N2O2/c1-2-17(18-9-4-3-5-10-18)15-22(26)24-16-23(27)25-21-14-8-12-19-11-6-7-13-20(19)21/h3-14,17H,2,15-16H2,1H3,(H,24,26)(H,25,27). The van der Waals surface area contributed by atoms with Gasteiger partial charge in [-0.1, -0.05) is 73.7 Å². The van der Waals surface area contributed by atoms with Crippen LogP contribution in [0.1, 0.15) is 31.2 Å². The lowest BCUT2D eigenvalue weighted by Gasteiger charge is -2.15. The maximum atomic E-state index is 12.3. The van der Waals surface area contributed by atoms with Crippen LogP contribution >= 0.6 is 0 Å². The Balaban J connectivity index is 1.55. The van der Waals surface area contributed by atoms with Crippen molar-refractivity contribution in [2.75, 3.05) is 11.9 Å². The molecule has 0 aliphatic heterocycles. The average molecular weight is 360 g/mol. The molecule has 0 spiro atoms.